The maximum absolute atomic E-state index is 12.6. The number of hydrogen-bond acceptors (Lipinski definition) is 6. The van der Waals surface area contributed by atoms with Gasteiger partial charge in [0.05, 0.1) is 16.7 Å². The number of nitrogens with one attached hydrogen (secondary N) is 1. The van der Waals surface area contributed by atoms with Gasteiger partial charge in [0, 0.05) is 13.0 Å². The molecule has 0 saturated carbocycles. The molecule has 0 aliphatic carbocycles. The van der Waals surface area contributed by atoms with Crippen molar-refractivity contribution in [3.63, 3.8) is 0 Å². The van der Waals surface area contributed by atoms with E-state index in [0.29, 0.717) is 23.8 Å². The summed E-state index contributed by atoms with van der Waals surface area (Å²) < 4.78 is 5.42. The van der Waals surface area contributed by atoms with Gasteiger partial charge < -0.3 is 14.6 Å². The van der Waals surface area contributed by atoms with E-state index in [0.717, 1.165) is 6.26 Å². The van der Waals surface area contributed by atoms with Crippen molar-refractivity contribution in [3.05, 3.63) is 58.5 Å². The van der Waals surface area contributed by atoms with Crippen LogP contribution in [-0.4, -0.2) is 35.3 Å². The number of carbonyl (C=O) groups excluding carboxylic acids is 4. The molecule has 1 aromatic carbocycles. The predicted molar refractivity (Wildman–Crippen MR) is 90.9 cm³/mol. The molecule has 2 aromatic rings. The minimum absolute atomic E-state index is 0.0715. The van der Waals surface area contributed by atoms with Gasteiger partial charge in [-0.3, -0.25) is 14.4 Å². The van der Waals surface area contributed by atoms with E-state index in [4.69, 9.17) is 9.25 Å². The van der Waals surface area contributed by atoms with Crippen LogP contribution in [0.2, 0.25) is 0 Å². The van der Waals surface area contributed by atoms with Crippen LogP contribution in [0.5, 0.6) is 0 Å². The van der Waals surface area contributed by atoms with E-state index in [-0.39, 0.29) is 27.7 Å². The summed E-state index contributed by atoms with van der Waals surface area (Å²) in [6.07, 6.45) is 1.56. The van der Waals surface area contributed by atoms with E-state index >= 15 is 0 Å². The fraction of sp³-hybridized carbons (Fsp3) is 0.263. The summed E-state index contributed by atoms with van der Waals surface area (Å²) in [7, 11) is 0. The Kier molecular flexibility index (Phi) is 3.66. The van der Waals surface area contributed by atoms with Gasteiger partial charge in [-0.05, 0) is 17.5 Å². The third-order valence-electron chi connectivity index (χ3n) is 4.61. The molecule has 2 aliphatic rings. The third kappa shape index (κ3) is 2.69. The number of amides is 3. The molecule has 8 heteroatoms. The average molecular weight is 368 g/mol. The Labute approximate surface area is 154 Å². The van der Waals surface area contributed by atoms with Gasteiger partial charge in [0.25, 0.3) is 17.7 Å². The van der Waals surface area contributed by atoms with Crippen molar-refractivity contribution in [2.45, 2.75) is 20.3 Å². The van der Waals surface area contributed by atoms with Gasteiger partial charge >= 0.3 is 5.97 Å². The molecule has 27 heavy (non-hydrogen) atoms. The largest absolute Gasteiger partial charge is 0.468 e. The van der Waals surface area contributed by atoms with Crippen LogP contribution in [0.4, 0.5) is 0 Å². The third-order valence-corrected chi connectivity index (χ3v) is 4.61. The fourth-order valence-corrected chi connectivity index (χ4v) is 3.21. The topological polar surface area (TPSA) is 106 Å². The van der Waals surface area contributed by atoms with E-state index in [1.54, 1.807) is 12.1 Å². The van der Waals surface area contributed by atoms with Crippen molar-refractivity contribution in [2.24, 2.45) is 5.41 Å². The molecule has 1 aromatic heterocycles. The van der Waals surface area contributed by atoms with Gasteiger partial charge in [-0.25, -0.2) is 4.79 Å². The van der Waals surface area contributed by atoms with Crippen molar-refractivity contribution in [3.8, 4) is 0 Å². The van der Waals surface area contributed by atoms with Crippen molar-refractivity contribution >= 4 is 23.7 Å². The zero-order valence-corrected chi connectivity index (χ0v) is 14.7. The first kappa shape index (κ1) is 17.0. The Morgan fingerprint density at radius 1 is 1.15 bits per heavy atom. The smallest absolute Gasteiger partial charge is 0.368 e. The summed E-state index contributed by atoms with van der Waals surface area (Å²) in [5, 5.41) is 3.15. The molecule has 0 bridgehead atoms. The minimum atomic E-state index is -1.01. The Balaban J connectivity index is 1.63. The average Bonchev–Trinajstić information content (AvgIpc) is 3.11. The molecule has 8 nitrogen and oxygen atoms in total. The predicted octanol–water partition coefficient (Wildman–Crippen LogP) is 1.96. The van der Waals surface area contributed by atoms with Crippen LogP contribution >= 0.6 is 0 Å². The molecule has 0 unspecified atom stereocenters. The highest BCUT2D eigenvalue weighted by atomic mass is 16.7. The number of nitrogens with zero attached hydrogens (tertiary/aromatic N) is 1. The lowest BCUT2D eigenvalue weighted by molar-refractivity contribution is -0.0585. The molecular formula is C19H16N2O6. The van der Waals surface area contributed by atoms with Crippen molar-refractivity contribution in [1.29, 1.82) is 0 Å². The van der Waals surface area contributed by atoms with E-state index in [1.165, 1.54) is 12.1 Å². The lowest BCUT2D eigenvalue weighted by Gasteiger charge is -2.20. The Morgan fingerprint density at radius 2 is 1.78 bits per heavy atom. The van der Waals surface area contributed by atoms with Crippen LogP contribution in [0.1, 0.15) is 61.0 Å². The molecule has 3 amide bonds. The van der Waals surface area contributed by atoms with Crippen molar-refractivity contribution in [1.82, 2.24) is 10.4 Å². The van der Waals surface area contributed by atoms with Crippen LogP contribution in [0.15, 0.2) is 34.9 Å². The maximum atomic E-state index is 12.6. The summed E-state index contributed by atoms with van der Waals surface area (Å²) in [6, 6.07) is 6.17. The number of benzene rings is 1. The number of carbonyl (C=O) groups is 4. The van der Waals surface area contributed by atoms with Crippen LogP contribution in [0.3, 0.4) is 0 Å². The first-order chi connectivity index (χ1) is 12.8. The second-order valence-electron chi connectivity index (χ2n) is 7.30. The Hall–Kier alpha value is -3.42. The zero-order chi connectivity index (χ0) is 19.3. The highest BCUT2D eigenvalue weighted by molar-refractivity contribution is 6.21. The quantitative estimate of drug-likeness (QED) is 0.812. The van der Waals surface area contributed by atoms with E-state index in [2.05, 4.69) is 5.32 Å². The molecule has 138 valence electrons. The number of hydrogen-bond donors (Lipinski definition) is 1. The highest BCUT2D eigenvalue weighted by Crippen LogP contribution is 2.30. The Bertz CT molecular complexity index is 968. The second-order valence-corrected chi connectivity index (χ2v) is 7.30. The van der Waals surface area contributed by atoms with Gasteiger partial charge in [0.2, 0.25) is 0 Å². The molecule has 0 spiro atoms. The van der Waals surface area contributed by atoms with Gasteiger partial charge in [-0.2, -0.15) is 0 Å². The molecule has 0 atom stereocenters. The fourth-order valence-electron chi connectivity index (χ4n) is 3.21. The van der Waals surface area contributed by atoms with Crippen molar-refractivity contribution < 1.29 is 28.4 Å². The molecule has 0 saturated heterocycles. The maximum Gasteiger partial charge on any atom is 0.368 e. The molecule has 4 rings (SSSR count). The lowest BCUT2D eigenvalue weighted by Crippen LogP contribution is -2.34. The molecule has 3 heterocycles. The number of hydroxylamine groups is 2. The van der Waals surface area contributed by atoms with Crippen LogP contribution < -0.4 is 5.32 Å². The summed E-state index contributed by atoms with van der Waals surface area (Å²) >= 11 is 0. The zero-order valence-electron chi connectivity index (χ0n) is 14.7. The Morgan fingerprint density at radius 3 is 2.41 bits per heavy atom. The summed E-state index contributed by atoms with van der Waals surface area (Å²) in [6.45, 7) is 4.34. The first-order valence-corrected chi connectivity index (χ1v) is 8.37. The van der Waals surface area contributed by atoms with Gasteiger partial charge in [0.15, 0.2) is 0 Å². The summed E-state index contributed by atoms with van der Waals surface area (Å²) in [4.78, 5) is 54.7. The molecule has 2 aliphatic heterocycles. The van der Waals surface area contributed by atoms with Crippen molar-refractivity contribution in [2.75, 3.05) is 6.54 Å². The number of furan rings is 1. The monoisotopic (exact) mass is 368 g/mol. The molecule has 1 N–H and O–H groups in total. The van der Waals surface area contributed by atoms with Crippen LogP contribution in [0, 0.1) is 5.41 Å². The lowest BCUT2D eigenvalue weighted by atomic mass is 9.88. The normalized spacial score (nSPS) is 17.9. The SMILES string of the molecule is CC1(C)CNC(=O)c2c(C(=O)ON3C(=O)c4ccccc4C3=O)coc2C1. The van der Waals surface area contributed by atoms with E-state index in [1.807, 2.05) is 13.8 Å². The minimum Gasteiger partial charge on any atom is -0.468 e. The number of imide groups is 1. The van der Waals surface area contributed by atoms with Crippen LogP contribution in [0.25, 0.3) is 0 Å². The van der Waals surface area contributed by atoms with Gasteiger partial charge in [-0.15, -0.1) is 0 Å². The van der Waals surface area contributed by atoms with Gasteiger partial charge in [0.1, 0.15) is 17.6 Å². The number of fused-ring (bicyclic) bond motifs is 2. The first-order valence-electron chi connectivity index (χ1n) is 8.37. The second kappa shape index (κ2) is 5.80. The van der Waals surface area contributed by atoms with E-state index < -0.39 is 23.7 Å². The summed E-state index contributed by atoms with van der Waals surface area (Å²) in [5.41, 5.74) is 0.00298. The number of rotatable bonds is 2. The van der Waals surface area contributed by atoms with E-state index in [9.17, 15) is 19.2 Å². The highest BCUT2D eigenvalue weighted by Gasteiger charge is 2.40. The van der Waals surface area contributed by atoms with Gasteiger partial charge in [-0.1, -0.05) is 31.0 Å². The molecule has 0 fully saturated rings. The molecule has 0 radical (unpaired) electrons. The summed E-state index contributed by atoms with van der Waals surface area (Å²) in [5.74, 6) is -2.57. The molecular weight excluding hydrogens is 352 g/mol. The van der Waals surface area contributed by atoms with Crippen LogP contribution in [-0.2, 0) is 11.3 Å². The standard InChI is InChI=1S/C19H16N2O6/c1-19(2)7-13-14(15(22)20-9-19)12(8-26-13)18(25)27-21-16(23)10-5-3-4-6-11(10)17(21)24/h3-6,8H,7,9H2,1-2H3,(H,20,22).